The molecule has 1 aromatic rings. The number of rotatable bonds is 5. The molecule has 1 atom stereocenters. The quantitative estimate of drug-likeness (QED) is 0.620. The van der Waals surface area contributed by atoms with Crippen LogP contribution in [0.4, 0.5) is 0 Å². The van der Waals surface area contributed by atoms with Gasteiger partial charge in [0.1, 0.15) is 6.04 Å². The summed E-state index contributed by atoms with van der Waals surface area (Å²) in [6.45, 7) is 1.37. The molecule has 0 aliphatic heterocycles. The largest absolute Gasteiger partial charge is 0.480 e. The summed E-state index contributed by atoms with van der Waals surface area (Å²) in [6, 6.07) is 5.49. The van der Waals surface area contributed by atoms with E-state index in [-0.39, 0.29) is 0 Å². The van der Waals surface area contributed by atoms with Gasteiger partial charge in [-0.05, 0) is 30.7 Å². The molecule has 0 spiro atoms. The van der Waals surface area contributed by atoms with Crippen LogP contribution in [-0.2, 0) is 14.3 Å². The third kappa shape index (κ3) is 4.56. The molecular formula is C14H15NO5. The smallest absolute Gasteiger partial charge is 0.337 e. The van der Waals surface area contributed by atoms with Crippen LogP contribution in [0.3, 0.4) is 0 Å². The maximum atomic E-state index is 11.4. The number of nitrogens with one attached hydrogen (secondary N) is 1. The number of hydrogen-bond donors (Lipinski definition) is 2. The standard InChI is InChI=1S/C14H15NO5/c1-9(13(17)18)15-12(16)8-5-10-3-6-11(7-4-10)14(19)20-2/h3-9H,1-2H3,(H,15,16)(H,17,18)/b8-5+. The monoisotopic (exact) mass is 277 g/mol. The molecule has 0 aliphatic rings. The molecule has 0 radical (unpaired) electrons. The molecule has 0 bridgehead atoms. The number of carboxylic acids is 1. The van der Waals surface area contributed by atoms with Crippen molar-refractivity contribution < 1.29 is 24.2 Å². The second-order valence-corrected chi connectivity index (χ2v) is 4.02. The molecule has 1 unspecified atom stereocenters. The Morgan fingerprint density at radius 3 is 2.35 bits per heavy atom. The number of hydrogen-bond acceptors (Lipinski definition) is 4. The van der Waals surface area contributed by atoms with Gasteiger partial charge in [-0.1, -0.05) is 12.1 Å². The van der Waals surface area contributed by atoms with Crippen molar-refractivity contribution >= 4 is 23.9 Å². The van der Waals surface area contributed by atoms with E-state index in [9.17, 15) is 14.4 Å². The Morgan fingerprint density at radius 1 is 1.25 bits per heavy atom. The number of amides is 1. The van der Waals surface area contributed by atoms with Crippen molar-refractivity contribution in [3.63, 3.8) is 0 Å². The third-order valence-corrected chi connectivity index (χ3v) is 2.49. The molecule has 6 nitrogen and oxygen atoms in total. The average Bonchev–Trinajstić information content (AvgIpc) is 2.44. The lowest BCUT2D eigenvalue weighted by Gasteiger charge is -2.05. The molecular weight excluding hydrogens is 262 g/mol. The van der Waals surface area contributed by atoms with E-state index in [1.165, 1.54) is 26.2 Å². The average molecular weight is 277 g/mol. The van der Waals surface area contributed by atoms with Crippen molar-refractivity contribution in [3.8, 4) is 0 Å². The molecule has 1 aromatic carbocycles. The fourth-order valence-corrected chi connectivity index (χ4v) is 1.34. The zero-order valence-electron chi connectivity index (χ0n) is 11.1. The number of carboxylic acid groups (broad SMARTS) is 1. The van der Waals surface area contributed by atoms with Gasteiger partial charge < -0.3 is 15.2 Å². The summed E-state index contributed by atoms with van der Waals surface area (Å²) in [5, 5.41) is 10.9. The van der Waals surface area contributed by atoms with Crippen LogP contribution in [0.1, 0.15) is 22.8 Å². The van der Waals surface area contributed by atoms with Crippen LogP contribution in [0, 0.1) is 0 Å². The van der Waals surface area contributed by atoms with Gasteiger partial charge in [0.05, 0.1) is 12.7 Å². The van der Waals surface area contributed by atoms with Gasteiger partial charge in [0.2, 0.25) is 5.91 Å². The topological polar surface area (TPSA) is 92.7 Å². The maximum Gasteiger partial charge on any atom is 0.337 e. The minimum atomic E-state index is -1.10. The number of benzene rings is 1. The van der Waals surface area contributed by atoms with Crippen LogP contribution >= 0.6 is 0 Å². The summed E-state index contributed by atoms with van der Waals surface area (Å²) in [5.74, 6) is -2.04. The lowest BCUT2D eigenvalue weighted by atomic mass is 10.1. The number of methoxy groups -OCH3 is 1. The summed E-state index contributed by atoms with van der Waals surface area (Å²) >= 11 is 0. The first-order valence-corrected chi connectivity index (χ1v) is 5.84. The molecule has 0 saturated carbocycles. The third-order valence-electron chi connectivity index (χ3n) is 2.49. The summed E-state index contributed by atoms with van der Waals surface area (Å²) < 4.78 is 4.56. The SMILES string of the molecule is COC(=O)c1ccc(/C=C/C(=O)NC(C)C(=O)O)cc1. The van der Waals surface area contributed by atoms with Crippen molar-refractivity contribution in [2.24, 2.45) is 0 Å². The van der Waals surface area contributed by atoms with E-state index in [2.05, 4.69) is 10.1 Å². The van der Waals surface area contributed by atoms with Crippen LogP contribution in [0.5, 0.6) is 0 Å². The normalized spacial score (nSPS) is 11.9. The fourth-order valence-electron chi connectivity index (χ4n) is 1.34. The summed E-state index contributed by atoms with van der Waals surface area (Å²) in [7, 11) is 1.30. The van der Waals surface area contributed by atoms with Crippen LogP contribution < -0.4 is 5.32 Å². The van der Waals surface area contributed by atoms with E-state index in [0.717, 1.165) is 0 Å². The highest BCUT2D eigenvalue weighted by molar-refractivity contribution is 5.94. The molecule has 1 amide bonds. The van der Waals surface area contributed by atoms with E-state index >= 15 is 0 Å². The molecule has 2 N–H and O–H groups in total. The molecule has 0 aromatic heterocycles. The summed E-state index contributed by atoms with van der Waals surface area (Å²) in [4.78, 5) is 33.2. The fraction of sp³-hybridized carbons (Fsp3) is 0.214. The van der Waals surface area contributed by atoms with Gasteiger partial charge in [0.15, 0.2) is 0 Å². The molecule has 20 heavy (non-hydrogen) atoms. The Balaban J connectivity index is 2.64. The molecule has 1 rings (SSSR count). The highest BCUT2D eigenvalue weighted by Gasteiger charge is 2.11. The second-order valence-electron chi connectivity index (χ2n) is 4.02. The molecule has 0 heterocycles. The molecule has 6 heteroatoms. The van der Waals surface area contributed by atoms with Gasteiger partial charge in [-0.25, -0.2) is 4.79 Å². The number of carbonyl (C=O) groups excluding carboxylic acids is 2. The molecule has 0 saturated heterocycles. The van der Waals surface area contributed by atoms with Crippen LogP contribution in [0.15, 0.2) is 30.3 Å². The van der Waals surface area contributed by atoms with Crippen LogP contribution in [-0.4, -0.2) is 36.1 Å². The summed E-state index contributed by atoms with van der Waals surface area (Å²) in [5.41, 5.74) is 1.12. The zero-order chi connectivity index (χ0) is 15.1. The first-order valence-electron chi connectivity index (χ1n) is 5.84. The van der Waals surface area contributed by atoms with Gasteiger partial charge in [-0.2, -0.15) is 0 Å². The van der Waals surface area contributed by atoms with E-state index in [1.54, 1.807) is 24.3 Å². The number of ether oxygens (including phenoxy) is 1. The lowest BCUT2D eigenvalue weighted by Crippen LogP contribution is -2.37. The summed E-state index contributed by atoms with van der Waals surface area (Å²) in [6.07, 6.45) is 2.75. The predicted molar refractivity (Wildman–Crippen MR) is 72.1 cm³/mol. The van der Waals surface area contributed by atoms with Gasteiger partial charge >= 0.3 is 11.9 Å². The minimum Gasteiger partial charge on any atom is -0.480 e. The zero-order valence-corrected chi connectivity index (χ0v) is 11.1. The molecule has 106 valence electrons. The maximum absolute atomic E-state index is 11.4. The van der Waals surface area contributed by atoms with Gasteiger partial charge in [0, 0.05) is 6.08 Å². The van der Waals surface area contributed by atoms with Gasteiger partial charge in [-0.15, -0.1) is 0 Å². The van der Waals surface area contributed by atoms with Crippen molar-refractivity contribution in [2.45, 2.75) is 13.0 Å². The minimum absolute atomic E-state index is 0.411. The van der Waals surface area contributed by atoms with E-state index < -0.39 is 23.9 Å². The number of aliphatic carboxylic acids is 1. The highest BCUT2D eigenvalue weighted by Crippen LogP contribution is 2.07. The first kappa shape index (κ1) is 15.4. The van der Waals surface area contributed by atoms with E-state index in [1.807, 2.05) is 0 Å². The molecule has 0 fully saturated rings. The molecule has 0 aliphatic carbocycles. The van der Waals surface area contributed by atoms with Gasteiger partial charge in [-0.3, -0.25) is 9.59 Å². The van der Waals surface area contributed by atoms with Crippen molar-refractivity contribution in [1.82, 2.24) is 5.32 Å². The second kappa shape index (κ2) is 7.08. The highest BCUT2D eigenvalue weighted by atomic mass is 16.5. The Hall–Kier alpha value is -2.63. The van der Waals surface area contributed by atoms with Crippen LogP contribution in [0.2, 0.25) is 0 Å². The van der Waals surface area contributed by atoms with Crippen LogP contribution in [0.25, 0.3) is 6.08 Å². The Bertz CT molecular complexity index is 533. The Labute approximate surface area is 116 Å². The number of carbonyl (C=O) groups is 3. The Morgan fingerprint density at radius 2 is 1.85 bits per heavy atom. The predicted octanol–water partition coefficient (Wildman–Crippen LogP) is 1.08. The first-order chi connectivity index (χ1) is 9.43. The Kier molecular flexibility index (Phi) is 5.46. The van der Waals surface area contributed by atoms with E-state index in [4.69, 9.17) is 5.11 Å². The van der Waals surface area contributed by atoms with Crippen molar-refractivity contribution in [3.05, 3.63) is 41.5 Å². The van der Waals surface area contributed by atoms with Gasteiger partial charge in [0.25, 0.3) is 0 Å². The lowest BCUT2D eigenvalue weighted by molar-refractivity contribution is -0.140. The van der Waals surface area contributed by atoms with E-state index in [0.29, 0.717) is 11.1 Å². The van der Waals surface area contributed by atoms with Crippen molar-refractivity contribution in [1.29, 1.82) is 0 Å². The van der Waals surface area contributed by atoms with Crippen molar-refractivity contribution in [2.75, 3.05) is 7.11 Å². The number of esters is 1.